The van der Waals surface area contributed by atoms with Crippen molar-refractivity contribution in [3.05, 3.63) is 48.5 Å². The molecule has 1 aromatic carbocycles. The molecule has 0 aliphatic heterocycles. The number of oxazole rings is 1. The zero-order valence-electron chi connectivity index (χ0n) is 8.75. The van der Waals surface area contributed by atoms with Gasteiger partial charge in [-0.15, -0.1) is 0 Å². The Morgan fingerprint density at radius 1 is 1.38 bits per heavy atom. The average molecular weight is 233 g/mol. The Morgan fingerprint density at radius 2 is 2.12 bits per heavy atom. The van der Waals surface area contributed by atoms with Gasteiger partial charge in [-0.05, 0) is 24.4 Å². The summed E-state index contributed by atoms with van der Waals surface area (Å²) < 4.78 is 6.89. The van der Waals surface area contributed by atoms with Crippen LogP contribution in [0.3, 0.4) is 0 Å². The first kappa shape index (κ1) is 10.6. The second kappa shape index (κ2) is 4.76. The number of hydrogen-bond acceptors (Lipinski definition) is 2. The second-order valence-electron chi connectivity index (χ2n) is 3.20. The van der Waals surface area contributed by atoms with Gasteiger partial charge < -0.3 is 14.3 Å². The van der Waals surface area contributed by atoms with Crippen molar-refractivity contribution in [3.63, 3.8) is 0 Å². The van der Waals surface area contributed by atoms with Crippen LogP contribution in [0, 0.1) is 0 Å². The van der Waals surface area contributed by atoms with Crippen LogP contribution >= 0.6 is 12.2 Å². The minimum absolute atomic E-state index is 0.372. The number of nitrogens with one attached hydrogen (secondary N) is 1. The largest absolute Gasteiger partial charge is 0.432 e. The maximum Gasteiger partial charge on any atom is 0.303 e. The summed E-state index contributed by atoms with van der Waals surface area (Å²) >= 11 is 5.09. The quantitative estimate of drug-likeness (QED) is 0.765. The number of aromatic nitrogens is 1. The number of para-hydroxylation sites is 1. The van der Waals surface area contributed by atoms with Crippen LogP contribution in [0.2, 0.25) is 0 Å². The summed E-state index contributed by atoms with van der Waals surface area (Å²) in [5, 5.41) is 3.37. The molecular weight excluding hydrogens is 222 g/mol. The van der Waals surface area contributed by atoms with Gasteiger partial charge in [-0.1, -0.05) is 18.2 Å². The lowest BCUT2D eigenvalue weighted by Crippen LogP contribution is -2.17. The highest BCUT2D eigenvalue weighted by molar-refractivity contribution is 7.80. The number of hydrogen-bond donors (Lipinski definition) is 1. The van der Waals surface area contributed by atoms with E-state index in [1.807, 2.05) is 37.4 Å². The number of aryl methyl sites for hydroxylation is 1. The van der Waals surface area contributed by atoms with Crippen LogP contribution in [0.5, 0.6) is 0 Å². The van der Waals surface area contributed by atoms with Crippen LogP contribution < -0.4 is 11.0 Å². The van der Waals surface area contributed by atoms with E-state index in [9.17, 15) is 0 Å². The summed E-state index contributed by atoms with van der Waals surface area (Å²) in [6.07, 6.45) is 3.33. The fourth-order valence-electron chi connectivity index (χ4n) is 1.19. The van der Waals surface area contributed by atoms with Crippen molar-refractivity contribution in [1.82, 2.24) is 4.57 Å². The second-order valence-corrected chi connectivity index (χ2v) is 3.59. The summed E-state index contributed by atoms with van der Waals surface area (Å²) in [6, 6.07) is 9.64. The third kappa shape index (κ3) is 2.58. The maximum atomic E-state index is 5.14. The van der Waals surface area contributed by atoms with Gasteiger partial charge in [0, 0.05) is 18.9 Å². The molecule has 0 saturated carbocycles. The predicted molar refractivity (Wildman–Crippen MR) is 65.9 cm³/mol. The van der Waals surface area contributed by atoms with Crippen molar-refractivity contribution in [1.29, 1.82) is 0 Å². The molecule has 0 atom stereocenters. The molecule has 0 aliphatic carbocycles. The Bertz CT molecular complexity index is 542. The van der Waals surface area contributed by atoms with Crippen LogP contribution in [-0.2, 0) is 7.05 Å². The van der Waals surface area contributed by atoms with Gasteiger partial charge in [-0.25, -0.2) is 0 Å². The molecule has 4 nitrogen and oxygen atoms in total. The molecule has 0 saturated heterocycles. The van der Waals surface area contributed by atoms with E-state index in [0.717, 1.165) is 5.69 Å². The number of thiocarbonyl (C=S) groups is 1. The maximum absolute atomic E-state index is 5.14. The molecule has 16 heavy (non-hydrogen) atoms. The number of anilines is 1. The summed E-state index contributed by atoms with van der Waals surface area (Å²) in [5.41, 5.74) is 1.37. The van der Waals surface area contributed by atoms with Gasteiger partial charge in [0.05, 0.1) is 0 Å². The first-order valence-electron chi connectivity index (χ1n) is 4.76. The third-order valence-electron chi connectivity index (χ3n) is 1.98. The Hall–Kier alpha value is -1.88. The molecule has 0 aliphatic rings. The van der Waals surface area contributed by atoms with E-state index in [0.29, 0.717) is 10.8 Å². The molecule has 5 heteroatoms. The summed E-state index contributed by atoms with van der Waals surface area (Å²) in [5.74, 6) is 0. The van der Waals surface area contributed by atoms with E-state index in [-0.39, 0.29) is 0 Å². The molecule has 0 unspecified atom stereocenters. The lowest BCUT2D eigenvalue weighted by molar-refractivity contribution is 0.480. The SMILES string of the molecule is Cn1ccoc1=NC(=S)Nc1ccccc1. The fraction of sp³-hybridized carbons (Fsp3) is 0.0909. The monoisotopic (exact) mass is 233 g/mol. The fourth-order valence-corrected chi connectivity index (χ4v) is 1.39. The number of benzene rings is 1. The lowest BCUT2D eigenvalue weighted by Gasteiger charge is -2.01. The van der Waals surface area contributed by atoms with Gasteiger partial charge in [0.25, 0.3) is 0 Å². The van der Waals surface area contributed by atoms with Gasteiger partial charge in [-0.2, -0.15) is 4.99 Å². The Morgan fingerprint density at radius 3 is 2.75 bits per heavy atom. The molecule has 0 spiro atoms. The molecule has 0 radical (unpaired) electrons. The molecule has 0 bridgehead atoms. The smallest absolute Gasteiger partial charge is 0.303 e. The van der Waals surface area contributed by atoms with Crippen molar-refractivity contribution in [2.24, 2.45) is 12.0 Å². The highest BCUT2D eigenvalue weighted by atomic mass is 32.1. The molecule has 0 fully saturated rings. The third-order valence-corrected chi connectivity index (χ3v) is 2.18. The first-order valence-corrected chi connectivity index (χ1v) is 5.17. The highest BCUT2D eigenvalue weighted by Gasteiger charge is 1.96. The minimum Gasteiger partial charge on any atom is -0.432 e. The Kier molecular flexibility index (Phi) is 3.16. The van der Waals surface area contributed by atoms with Crippen LogP contribution in [0.1, 0.15) is 0 Å². The molecule has 2 aromatic rings. The van der Waals surface area contributed by atoms with Crippen LogP contribution in [0.4, 0.5) is 5.69 Å². The molecule has 0 amide bonds. The van der Waals surface area contributed by atoms with Crippen molar-refractivity contribution in [2.45, 2.75) is 0 Å². The van der Waals surface area contributed by atoms with Crippen molar-refractivity contribution in [3.8, 4) is 0 Å². The average Bonchev–Trinajstić information content (AvgIpc) is 2.66. The van der Waals surface area contributed by atoms with E-state index in [1.165, 1.54) is 0 Å². The van der Waals surface area contributed by atoms with E-state index in [4.69, 9.17) is 16.6 Å². The highest BCUT2D eigenvalue weighted by Crippen LogP contribution is 2.04. The first-order chi connectivity index (χ1) is 7.75. The van der Waals surface area contributed by atoms with Crippen LogP contribution in [0.25, 0.3) is 0 Å². The molecule has 1 heterocycles. The van der Waals surface area contributed by atoms with Crippen molar-refractivity contribution >= 4 is 23.0 Å². The summed E-state index contributed by atoms with van der Waals surface area (Å²) in [4.78, 5) is 4.13. The zero-order valence-corrected chi connectivity index (χ0v) is 9.57. The van der Waals surface area contributed by atoms with E-state index in [1.54, 1.807) is 17.0 Å². The molecule has 1 aromatic heterocycles. The summed E-state index contributed by atoms with van der Waals surface area (Å²) in [6.45, 7) is 0. The van der Waals surface area contributed by atoms with Crippen LogP contribution in [0.15, 0.2) is 52.2 Å². The number of rotatable bonds is 1. The number of nitrogens with zero attached hydrogens (tertiary/aromatic N) is 2. The van der Waals surface area contributed by atoms with Gasteiger partial charge in [0.1, 0.15) is 6.26 Å². The molecule has 1 N–H and O–H groups in total. The molecule has 2 rings (SSSR count). The normalized spacial score (nSPS) is 11.4. The van der Waals surface area contributed by atoms with Gasteiger partial charge in [-0.3, -0.25) is 0 Å². The van der Waals surface area contributed by atoms with Gasteiger partial charge >= 0.3 is 5.68 Å². The Labute approximate surface area is 98.2 Å². The topological polar surface area (TPSA) is 42.5 Å². The lowest BCUT2D eigenvalue weighted by atomic mass is 10.3. The van der Waals surface area contributed by atoms with Gasteiger partial charge in [0.2, 0.25) is 5.11 Å². The van der Waals surface area contributed by atoms with E-state index in [2.05, 4.69) is 10.3 Å². The summed E-state index contributed by atoms with van der Waals surface area (Å²) in [7, 11) is 1.84. The standard InChI is InChI=1S/C11H11N3OS/c1-14-7-8-15-11(14)13-10(16)12-9-5-3-2-4-6-9/h2-8H,1H3,(H,12,16). The zero-order chi connectivity index (χ0) is 11.4. The van der Waals surface area contributed by atoms with E-state index < -0.39 is 0 Å². The minimum atomic E-state index is 0.372. The molecular formula is C11H11N3OS. The van der Waals surface area contributed by atoms with Crippen LogP contribution in [-0.4, -0.2) is 9.68 Å². The Balaban J connectivity index is 2.14. The van der Waals surface area contributed by atoms with Crippen molar-refractivity contribution < 1.29 is 4.42 Å². The van der Waals surface area contributed by atoms with E-state index >= 15 is 0 Å². The molecule has 82 valence electrons. The van der Waals surface area contributed by atoms with Crippen molar-refractivity contribution in [2.75, 3.05) is 5.32 Å². The predicted octanol–water partition coefficient (Wildman–Crippen LogP) is 1.92. The van der Waals surface area contributed by atoms with Gasteiger partial charge in [0.15, 0.2) is 0 Å².